The number of nitrogens with one attached hydrogen (secondary N) is 1. The molecular weight excluding hydrogens is 570 g/mol. The van der Waals surface area contributed by atoms with Crippen LogP contribution in [-0.2, 0) is 13.1 Å². The molecular formula is C32H34F2N6O4. The van der Waals surface area contributed by atoms with Gasteiger partial charge in [-0.1, -0.05) is 18.2 Å². The van der Waals surface area contributed by atoms with Crippen LogP contribution in [-0.4, -0.2) is 88.2 Å². The molecule has 2 fully saturated rings. The van der Waals surface area contributed by atoms with E-state index < -0.39 is 6.29 Å². The molecule has 1 amide bonds. The maximum Gasteiger partial charge on any atom is 0.586 e. The molecule has 44 heavy (non-hydrogen) atoms. The number of aromatic nitrogens is 3. The summed E-state index contributed by atoms with van der Waals surface area (Å²) in [7, 11) is 1.62. The van der Waals surface area contributed by atoms with E-state index in [9.17, 15) is 13.6 Å². The number of imidazole rings is 1. The van der Waals surface area contributed by atoms with Crippen LogP contribution >= 0.6 is 0 Å². The summed E-state index contributed by atoms with van der Waals surface area (Å²) in [5.74, 6) is 1.40. The standard InChI is InChI=1S/C32H34F2N6O4/c1-42-29-7-3-22(18-35-29)20-38-10-8-23(9-11-38)24-4-5-25-26(17-24)37-30(36-25)31(41)40-14-12-39(13-15-40)19-21-2-6-27-28(16-21)44-32(33,34)43-27/h2-7,16-18,23H,8-15,19-20H2,1H3,(H,36,37). The summed E-state index contributed by atoms with van der Waals surface area (Å²) in [6.07, 6.45) is 0.389. The lowest BCUT2D eigenvalue weighted by Crippen LogP contribution is -2.48. The quantitative estimate of drug-likeness (QED) is 0.327. The van der Waals surface area contributed by atoms with E-state index in [4.69, 9.17) is 4.74 Å². The fourth-order valence-corrected chi connectivity index (χ4v) is 6.30. The van der Waals surface area contributed by atoms with Crippen LogP contribution in [0.3, 0.4) is 0 Å². The molecule has 2 saturated heterocycles. The van der Waals surface area contributed by atoms with E-state index >= 15 is 0 Å². The van der Waals surface area contributed by atoms with Gasteiger partial charge in [-0.25, -0.2) is 9.97 Å². The van der Waals surface area contributed by atoms with E-state index in [2.05, 4.69) is 52.4 Å². The number of rotatable bonds is 7. The first-order chi connectivity index (χ1) is 21.3. The number of halogens is 2. The van der Waals surface area contributed by atoms with Gasteiger partial charge in [-0.3, -0.25) is 14.6 Å². The van der Waals surface area contributed by atoms with Crippen molar-refractivity contribution in [1.82, 2.24) is 29.7 Å². The lowest BCUT2D eigenvalue weighted by atomic mass is 9.89. The molecule has 0 radical (unpaired) electrons. The third-order valence-corrected chi connectivity index (χ3v) is 8.71. The number of carbonyl (C=O) groups is 1. The highest BCUT2D eigenvalue weighted by molar-refractivity contribution is 5.94. The van der Waals surface area contributed by atoms with Crippen molar-refractivity contribution in [3.63, 3.8) is 0 Å². The zero-order chi connectivity index (χ0) is 30.3. The maximum atomic E-state index is 13.3. The monoisotopic (exact) mass is 604 g/mol. The number of fused-ring (bicyclic) bond motifs is 2. The summed E-state index contributed by atoms with van der Waals surface area (Å²) in [6, 6.07) is 15.1. The number of aromatic amines is 1. The van der Waals surface area contributed by atoms with Gasteiger partial charge in [-0.15, -0.1) is 8.78 Å². The van der Waals surface area contributed by atoms with Crippen LogP contribution in [0.4, 0.5) is 8.78 Å². The van der Waals surface area contributed by atoms with Gasteiger partial charge in [0.25, 0.3) is 5.91 Å². The largest absolute Gasteiger partial charge is 0.586 e. The molecule has 4 aromatic rings. The topological polar surface area (TPSA) is 96.0 Å². The molecule has 7 rings (SSSR count). The van der Waals surface area contributed by atoms with Gasteiger partial charge in [0.2, 0.25) is 5.88 Å². The second-order valence-corrected chi connectivity index (χ2v) is 11.6. The van der Waals surface area contributed by atoms with E-state index in [1.165, 1.54) is 17.2 Å². The minimum absolute atomic E-state index is 0.0382. The second kappa shape index (κ2) is 11.7. The Labute approximate surface area is 253 Å². The van der Waals surface area contributed by atoms with Crippen molar-refractivity contribution in [3.8, 4) is 17.4 Å². The summed E-state index contributed by atoms with van der Waals surface area (Å²) in [6.45, 7) is 5.89. The zero-order valence-electron chi connectivity index (χ0n) is 24.5. The summed E-state index contributed by atoms with van der Waals surface area (Å²) in [5.41, 5.74) is 4.96. The molecule has 0 atom stereocenters. The number of carbonyl (C=O) groups excluding carboxylic acids is 1. The van der Waals surface area contributed by atoms with Crippen molar-refractivity contribution in [2.75, 3.05) is 46.4 Å². The normalized spacial score (nSPS) is 19.0. The number of methoxy groups -OCH3 is 1. The van der Waals surface area contributed by atoms with Gasteiger partial charge < -0.3 is 24.1 Å². The van der Waals surface area contributed by atoms with Gasteiger partial charge in [0.05, 0.1) is 18.1 Å². The Balaban J connectivity index is 0.921. The van der Waals surface area contributed by atoms with E-state index in [0.29, 0.717) is 50.3 Å². The molecule has 0 unspecified atom stereocenters. The van der Waals surface area contributed by atoms with Gasteiger partial charge in [0, 0.05) is 51.5 Å². The highest BCUT2D eigenvalue weighted by atomic mass is 19.3. The smallest absolute Gasteiger partial charge is 0.481 e. The van der Waals surface area contributed by atoms with Crippen LogP contribution in [0, 0.1) is 0 Å². The average molecular weight is 605 g/mol. The number of ether oxygens (including phenoxy) is 3. The van der Waals surface area contributed by atoms with Crippen molar-refractivity contribution >= 4 is 16.9 Å². The Morgan fingerprint density at radius 2 is 1.66 bits per heavy atom. The average Bonchev–Trinajstić information content (AvgIpc) is 3.60. The molecule has 3 aliphatic rings. The van der Waals surface area contributed by atoms with Crippen LogP contribution in [0.25, 0.3) is 11.0 Å². The van der Waals surface area contributed by atoms with E-state index in [-0.39, 0.29) is 17.4 Å². The lowest BCUT2D eigenvalue weighted by molar-refractivity contribution is -0.286. The minimum Gasteiger partial charge on any atom is -0.481 e. The summed E-state index contributed by atoms with van der Waals surface area (Å²) < 4.78 is 40.9. The number of hydrogen-bond donors (Lipinski definition) is 1. The summed E-state index contributed by atoms with van der Waals surface area (Å²) >= 11 is 0. The van der Waals surface area contributed by atoms with Gasteiger partial charge >= 0.3 is 6.29 Å². The predicted octanol–water partition coefficient (Wildman–Crippen LogP) is 4.63. The maximum absolute atomic E-state index is 13.3. The zero-order valence-corrected chi connectivity index (χ0v) is 24.5. The molecule has 0 saturated carbocycles. The van der Waals surface area contributed by atoms with Crippen LogP contribution in [0.5, 0.6) is 17.4 Å². The van der Waals surface area contributed by atoms with Gasteiger partial charge in [-0.2, -0.15) is 0 Å². The molecule has 2 aromatic heterocycles. The molecule has 0 bridgehead atoms. The van der Waals surface area contributed by atoms with Gasteiger partial charge in [-0.05, 0) is 72.8 Å². The Bertz CT molecular complexity index is 1650. The molecule has 230 valence electrons. The van der Waals surface area contributed by atoms with Crippen molar-refractivity contribution in [3.05, 3.63) is 77.2 Å². The highest BCUT2D eigenvalue weighted by Gasteiger charge is 2.43. The van der Waals surface area contributed by atoms with Crippen LogP contribution in [0.1, 0.15) is 46.1 Å². The number of amides is 1. The Morgan fingerprint density at radius 3 is 2.41 bits per heavy atom. The molecule has 0 spiro atoms. The van der Waals surface area contributed by atoms with Crippen molar-refractivity contribution in [2.24, 2.45) is 0 Å². The Hall–Kier alpha value is -4.29. The third kappa shape index (κ3) is 6.04. The molecule has 5 heterocycles. The van der Waals surface area contributed by atoms with Crippen LogP contribution in [0.2, 0.25) is 0 Å². The van der Waals surface area contributed by atoms with Crippen molar-refractivity contribution < 1.29 is 27.8 Å². The van der Waals surface area contributed by atoms with Crippen molar-refractivity contribution in [2.45, 2.75) is 38.1 Å². The first-order valence-corrected chi connectivity index (χ1v) is 14.9. The summed E-state index contributed by atoms with van der Waals surface area (Å²) in [4.78, 5) is 32.0. The number of H-pyrrole nitrogens is 1. The van der Waals surface area contributed by atoms with Crippen LogP contribution in [0.15, 0.2) is 54.7 Å². The number of pyridine rings is 1. The third-order valence-electron chi connectivity index (χ3n) is 8.71. The highest BCUT2D eigenvalue weighted by Crippen LogP contribution is 2.41. The SMILES string of the molecule is COc1ccc(CN2CCC(c3ccc4nc(C(=O)N5CCN(Cc6ccc7c(c6)OC(F)(F)O7)CC5)[nH]c4c3)CC2)cn1. The fraction of sp³-hybridized carbons (Fsp3) is 0.406. The molecule has 12 heteroatoms. The first kappa shape index (κ1) is 28.5. The van der Waals surface area contributed by atoms with E-state index in [0.717, 1.165) is 49.1 Å². The van der Waals surface area contributed by atoms with Crippen molar-refractivity contribution in [1.29, 1.82) is 0 Å². The number of benzene rings is 2. The van der Waals surface area contributed by atoms with Gasteiger partial charge in [0.1, 0.15) is 0 Å². The molecule has 1 N–H and O–H groups in total. The number of piperidine rings is 1. The Kier molecular flexibility index (Phi) is 7.55. The molecule has 0 aliphatic carbocycles. The number of nitrogens with zero attached hydrogens (tertiary/aromatic N) is 5. The predicted molar refractivity (Wildman–Crippen MR) is 158 cm³/mol. The fourth-order valence-electron chi connectivity index (χ4n) is 6.30. The van der Waals surface area contributed by atoms with E-state index in [1.54, 1.807) is 19.2 Å². The Morgan fingerprint density at radius 1 is 0.932 bits per heavy atom. The minimum atomic E-state index is -3.62. The molecule has 2 aromatic carbocycles. The number of hydrogen-bond acceptors (Lipinski definition) is 8. The molecule has 3 aliphatic heterocycles. The van der Waals surface area contributed by atoms with E-state index in [1.807, 2.05) is 23.2 Å². The summed E-state index contributed by atoms with van der Waals surface area (Å²) in [5, 5.41) is 0. The molecule has 10 nitrogen and oxygen atoms in total. The second-order valence-electron chi connectivity index (χ2n) is 11.6. The first-order valence-electron chi connectivity index (χ1n) is 14.9. The van der Waals surface area contributed by atoms with Gasteiger partial charge in [0.15, 0.2) is 17.3 Å². The number of alkyl halides is 2. The van der Waals surface area contributed by atoms with Crippen LogP contribution < -0.4 is 14.2 Å². The number of piperazine rings is 1. The number of likely N-dealkylation sites (tertiary alicyclic amines) is 1. The lowest BCUT2D eigenvalue weighted by Gasteiger charge is -2.34.